The molecule has 2 atom stereocenters. The van der Waals surface area contributed by atoms with E-state index in [2.05, 4.69) is 0 Å². The second-order valence-electron chi connectivity index (χ2n) is 4.02. The lowest BCUT2D eigenvalue weighted by molar-refractivity contribution is -0.0654. The Hall–Kier alpha value is -0.0900. The molecule has 0 heterocycles. The fourth-order valence-electron chi connectivity index (χ4n) is 1.47. The van der Waals surface area contributed by atoms with Crippen molar-refractivity contribution in [2.24, 2.45) is 0 Å². The van der Waals surface area contributed by atoms with Crippen LogP contribution in [0.2, 0.25) is 0 Å². The maximum atomic E-state index is 11.1. The molecular weight excluding hydrogens is 310 g/mol. The van der Waals surface area contributed by atoms with Gasteiger partial charge in [-0.05, 0) is 34.5 Å². The summed E-state index contributed by atoms with van der Waals surface area (Å²) in [6.45, 7) is 2.01. The van der Waals surface area contributed by atoms with Crippen molar-refractivity contribution >= 4 is 28.6 Å². The van der Waals surface area contributed by atoms with Crippen LogP contribution in [0.25, 0.3) is 0 Å². The molecule has 0 aromatic heterocycles. The van der Waals surface area contributed by atoms with Gasteiger partial charge >= 0.3 is 6.07 Å². The van der Waals surface area contributed by atoms with Crippen LogP contribution in [0, 0.1) is 0 Å². The van der Waals surface area contributed by atoms with Gasteiger partial charge in [-0.1, -0.05) is 37.3 Å². The second-order valence-corrected chi connectivity index (χ2v) is 8.30. The van der Waals surface area contributed by atoms with E-state index < -0.39 is 18.3 Å². The van der Waals surface area contributed by atoms with Crippen molar-refractivity contribution in [1.82, 2.24) is 0 Å². The Morgan fingerprint density at radius 1 is 1.32 bits per heavy atom. The molecule has 1 rings (SSSR count). The molecule has 0 amide bonds. The van der Waals surface area contributed by atoms with Crippen molar-refractivity contribution < 1.29 is 18.9 Å². The van der Waals surface area contributed by atoms with Gasteiger partial charge in [0.25, 0.3) is 0 Å². The first-order valence-corrected chi connectivity index (χ1v) is 9.33. The monoisotopic (exact) mass is 326 g/mol. The van der Waals surface area contributed by atoms with Gasteiger partial charge in [-0.3, -0.25) is 4.57 Å². The Kier molecular flexibility index (Phi) is 7.37. The minimum Gasteiger partial charge on any atom is -0.390 e. The number of halogens is 2. The molecular formula is C12H17Cl2O4P. The lowest BCUT2D eigenvalue weighted by Gasteiger charge is -2.22. The number of hydrogen-bond acceptors (Lipinski definition) is 4. The molecule has 0 bridgehead atoms. The molecule has 0 spiro atoms. The van der Waals surface area contributed by atoms with E-state index in [0.29, 0.717) is 13.0 Å². The van der Waals surface area contributed by atoms with Gasteiger partial charge in [0.05, 0.1) is 19.3 Å². The van der Waals surface area contributed by atoms with Crippen molar-refractivity contribution in [3.8, 4) is 0 Å². The predicted octanol–water partition coefficient (Wildman–Crippen LogP) is 3.95. The van der Waals surface area contributed by atoms with Crippen LogP contribution in [-0.2, 0) is 20.4 Å². The molecule has 1 aromatic rings. The Morgan fingerprint density at radius 3 is 2.47 bits per heavy atom. The van der Waals surface area contributed by atoms with Crippen LogP contribution < -0.4 is 0 Å². The number of aliphatic hydroxyl groups is 1. The zero-order chi connectivity index (χ0) is 14.3. The standard InChI is InChI=1S/C12H17Cl2O4P/c1-2-11(15)12(9-18-19(13,14)16)17-8-10-6-4-3-5-7-10/h3-7,11-12,15H,2,8-9H2,1H3. The first-order valence-electron chi connectivity index (χ1n) is 5.90. The summed E-state index contributed by atoms with van der Waals surface area (Å²) in [7, 11) is 0. The molecule has 0 aliphatic heterocycles. The fourth-order valence-corrected chi connectivity index (χ4v) is 2.13. The fraction of sp³-hybridized carbons (Fsp3) is 0.500. The molecule has 1 aromatic carbocycles. The summed E-state index contributed by atoms with van der Waals surface area (Å²) in [5, 5.41) is 9.81. The quantitative estimate of drug-likeness (QED) is 0.735. The third-order valence-corrected chi connectivity index (χ3v) is 3.58. The van der Waals surface area contributed by atoms with Crippen LogP contribution in [0.1, 0.15) is 18.9 Å². The van der Waals surface area contributed by atoms with Crippen molar-refractivity contribution in [1.29, 1.82) is 0 Å². The number of hydrogen-bond donors (Lipinski definition) is 1. The van der Waals surface area contributed by atoms with Crippen LogP contribution in [0.4, 0.5) is 0 Å². The predicted molar refractivity (Wildman–Crippen MR) is 76.6 cm³/mol. The van der Waals surface area contributed by atoms with E-state index in [-0.39, 0.29) is 6.61 Å². The maximum Gasteiger partial charge on any atom is 0.380 e. The number of rotatable bonds is 8. The molecule has 7 heteroatoms. The van der Waals surface area contributed by atoms with E-state index in [9.17, 15) is 9.67 Å². The summed E-state index contributed by atoms with van der Waals surface area (Å²) in [5.41, 5.74) is 0.968. The zero-order valence-electron chi connectivity index (χ0n) is 10.5. The molecule has 0 saturated heterocycles. The molecule has 1 N–H and O–H groups in total. The van der Waals surface area contributed by atoms with Gasteiger partial charge in [-0.2, -0.15) is 0 Å². The number of aliphatic hydroxyl groups excluding tert-OH is 1. The van der Waals surface area contributed by atoms with Gasteiger partial charge in [0.2, 0.25) is 0 Å². The third kappa shape index (κ3) is 7.31. The van der Waals surface area contributed by atoms with Crippen LogP contribution >= 0.6 is 28.6 Å². The van der Waals surface area contributed by atoms with E-state index in [1.165, 1.54) is 0 Å². The minimum absolute atomic E-state index is 0.119. The number of ether oxygens (including phenoxy) is 1. The van der Waals surface area contributed by atoms with Crippen molar-refractivity contribution in [2.75, 3.05) is 6.61 Å². The average Bonchev–Trinajstić information content (AvgIpc) is 2.38. The second kappa shape index (κ2) is 8.25. The van der Waals surface area contributed by atoms with E-state index in [1.54, 1.807) is 0 Å². The molecule has 2 unspecified atom stereocenters. The molecule has 0 radical (unpaired) electrons. The number of benzene rings is 1. The summed E-state index contributed by atoms with van der Waals surface area (Å²) < 4.78 is 21.4. The topological polar surface area (TPSA) is 55.8 Å². The summed E-state index contributed by atoms with van der Waals surface area (Å²) in [6.07, 6.45) is -4.49. The van der Waals surface area contributed by atoms with Crippen LogP contribution in [-0.4, -0.2) is 23.9 Å². The molecule has 4 nitrogen and oxygen atoms in total. The van der Waals surface area contributed by atoms with Gasteiger partial charge in [0.1, 0.15) is 6.10 Å². The third-order valence-electron chi connectivity index (χ3n) is 2.54. The van der Waals surface area contributed by atoms with Gasteiger partial charge in [0.15, 0.2) is 0 Å². The smallest absolute Gasteiger partial charge is 0.380 e. The van der Waals surface area contributed by atoms with E-state index in [4.69, 9.17) is 31.7 Å². The van der Waals surface area contributed by atoms with Gasteiger partial charge in [-0.25, -0.2) is 0 Å². The van der Waals surface area contributed by atoms with E-state index in [0.717, 1.165) is 5.56 Å². The molecule has 0 saturated carbocycles. The Morgan fingerprint density at radius 2 is 1.95 bits per heavy atom. The minimum atomic E-state index is -3.61. The normalized spacial score (nSPS) is 15.2. The Labute approximate surface area is 122 Å². The Bertz CT molecular complexity index is 409. The molecule has 0 aliphatic carbocycles. The molecule has 0 aliphatic rings. The first kappa shape index (κ1) is 17.0. The zero-order valence-corrected chi connectivity index (χ0v) is 12.9. The highest BCUT2D eigenvalue weighted by atomic mass is 35.9. The summed E-state index contributed by atoms with van der Waals surface area (Å²) in [6, 6.07) is 9.51. The van der Waals surface area contributed by atoms with Crippen LogP contribution in [0.15, 0.2) is 30.3 Å². The SMILES string of the molecule is CCC(O)C(COP(=O)(Cl)Cl)OCc1ccccc1. The van der Waals surface area contributed by atoms with Crippen molar-refractivity contribution in [2.45, 2.75) is 32.2 Å². The summed E-state index contributed by atoms with van der Waals surface area (Å²) in [4.78, 5) is 0. The van der Waals surface area contributed by atoms with Crippen molar-refractivity contribution in [3.05, 3.63) is 35.9 Å². The van der Waals surface area contributed by atoms with Crippen molar-refractivity contribution in [3.63, 3.8) is 0 Å². The average molecular weight is 327 g/mol. The van der Waals surface area contributed by atoms with E-state index in [1.807, 2.05) is 37.3 Å². The highest BCUT2D eigenvalue weighted by Crippen LogP contribution is 2.57. The summed E-state index contributed by atoms with van der Waals surface area (Å²) in [5.74, 6) is 0. The highest BCUT2D eigenvalue weighted by Gasteiger charge is 2.23. The summed E-state index contributed by atoms with van der Waals surface area (Å²) >= 11 is 10.6. The lowest BCUT2D eigenvalue weighted by atomic mass is 10.1. The maximum absolute atomic E-state index is 11.1. The van der Waals surface area contributed by atoms with Crippen LogP contribution in [0.3, 0.4) is 0 Å². The van der Waals surface area contributed by atoms with Gasteiger partial charge < -0.3 is 14.4 Å². The van der Waals surface area contributed by atoms with Gasteiger partial charge in [-0.15, -0.1) is 0 Å². The molecule has 0 fully saturated rings. The first-order chi connectivity index (χ1) is 8.92. The molecule has 19 heavy (non-hydrogen) atoms. The highest BCUT2D eigenvalue weighted by molar-refractivity contribution is 8.05. The lowest BCUT2D eigenvalue weighted by Crippen LogP contribution is -2.32. The molecule has 108 valence electrons. The largest absolute Gasteiger partial charge is 0.390 e. The van der Waals surface area contributed by atoms with Crippen LogP contribution in [0.5, 0.6) is 0 Å². The van der Waals surface area contributed by atoms with E-state index >= 15 is 0 Å². The Balaban J connectivity index is 2.52. The van der Waals surface area contributed by atoms with Gasteiger partial charge in [0, 0.05) is 0 Å².